The predicted octanol–water partition coefficient (Wildman–Crippen LogP) is 4.68. The van der Waals surface area contributed by atoms with Gasteiger partial charge in [-0.2, -0.15) is 0 Å². The van der Waals surface area contributed by atoms with Gasteiger partial charge in [0.05, 0.1) is 0 Å². The molecule has 1 aromatic rings. The molecule has 0 spiro atoms. The number of unbranched alkanes of at least 4 members (excludes halogenated alkanes) is 1. The van der Waals surface area contributed by atoms with E-state index in [2.05, 4.69) is 13.8 Å². The van der Waals surface area contributed by atoms with Crippen molar-refractivity contribution in [1.29, 1.82) is 0 Å². The molecule has 0 fully saturated rings. The summed E-state index contributed by atoms with van der Waals surface area (Å²) in [6.07, 6.45) is 5.06. The van der Waals surface area contributed by atoms with E-state index in [0.717, 1.165) is 37.8 Å². The molecule has 0 bridgehead atoms. The summed E-state index contributed by atoms with van der Waals surface area (Å²) in [5.74, 6) is -1.24. The van der Waals surface area contributed by atoms with E-state index in [1.165, 1.54) is 6.07 Å². The van der Waals surface area contributed by atoms with Gasteiger partial charge >= 0.3 is 0 Å². The lowest BCUT2D eigenvalue weighted by atomic mass is 9.92. The third-order valence-electron chi connectivity index (χ3n) is 3.44. The third-order valence-corrected chi connectivity index (χ3v) is 3.44. The number of carbonyl (C=O) groups excluding carboxylic acids is 1. The first-order chi connectivity index (χ1) is 9.06. The van der Waals surface area contributed by atoms with Crippen LogP contribution in [-0.4, -0.2) is 5.78 Å². The lowest BCUT2D eigenvalue weighted by Crippen LogP contribution is -2.10. The summed E-state index contributed by atoms with van der Waals surface area (Å²) >= 11 is 0. The highest BCUT2D eigenvalue weighted by molar-refractivity contribution is 5.81. The number of hydrogen-bond acceptors (Lipinski definition) is 1. The Morgan fingerprint density at radius 1 is 1.21 bits per heavy atom. The zero-order chi connectivity index (χ0) is 14.3. The highest BCUT2D eigenvalue weighted by Crippen LogP contribution is 2.18. The molecule has 0 aliphatic rings. The molecule has 0 N–H and O–H groups in total. The second-order valence-corrected chi connectivity index (χ2v) is 5.08. The standard InChI is InChI=1S/C16H22F2O/c1-3-5-6-12(4-2)9-14(19)10-13-7-8-15(17)16(18)11-13/h7-8,11-12H,3-6,9-10H2,1-2H3. The van der Waals surface area contributed by atoms with Gasteiger partial charge in [-0.1, -0.05) is 45.6 Å². The lowest BCUT2D eigenvalue weighted by Gasteiger charge is -2.13. The molecule has 0 aromatic heterocycles. The Labute approximate surface area is 114 Å². The molecule has 0 aliphatic heterocycles. The van der Waals surface area contributed by atoms with Crippen LogP contribution in [0.4, 0.5) is 8.78 Å². The van der Waals surface area contributed by atoms with Gasteiger partial charge in [0.25, 0.3) is 0 Å². The number of ketones is 1. The van der Waals surface area contributed by atoms with Crippen molar-refractivity contribution < 1.29 is 13.6 Å². The second kappa shape index (κ2) is 8.03. The van der Waals surface area contributed by atoms with Crippen LogP contribution in [-0.2, 0) is 11.2 Å². The molecule has 0 aliphatic carbocycles. The molecule has 3 heteroatoms. The fourth-order valence-electron chi connectivity index (χ4n) is 2.21. The zero-order valence-electron chi connectivity index (χ0n) is 11.7. The largest absolute Gasteiger partial charge is 0.299 e. The van der Waals surface area contributed by atoms with Gasteiger partial charge in [0.15, 0.2) is 11.6 Å². The molecule has 106 valence electrons. The van der Waals surface area contributed by atoms with E-state index < -0.39 is 11.6 Å². The van der Waals surface area contributed by atoms with Crippen LogP contribution in [0.5, 0.6) is 0 Å². The minimum Gasteiger partial charge on any atom is -0.299 e. The number of hydrogen-bond donors (Lipinski definition) is 0. The highest BCUT2D eigenvalue weighted by atomic mass is 19.2. The van der Waals surface area contributed by atoms with E-state index in [9.17, 15) is 13.6 Å². The van der Waals surface area contributed by atoms with Gasteiger partial charge < -0.3 is 0 Å². The van der Waals surface area contributed by atoms with Crippen molar-refractivity contribution in [3.63, 3.8) is 0 Å². The van der Waals surface area contributed by atoms with Gasteiger partial charge in [0.1, 0.15) is 5.78 Å². The highest BCUT2D eigenvalue weighted by Gasteiger charge is 2.13. The maximum atomic E-state index is 13.0. The van der Waals surface area contributed by atoms with Gasteiger partial charge in [-0.05, 0) is 23.6 Å². The molecule has 1 nitrogen and oxygen atoms in total. The first-order valence-corrected chi connectivity index (χ1v) is 7.02. The van der Waals surface area contributed by atoms with Crippen LogP contribution in [0.3, 0.4) is 0 Å². The van der Waals surface area contributed by atoms with Crippen LogP contribution < -0.4 is 0 Å². The third kappa shape index (κ3) is 5.50. The lowest BCUT2D eigenvalue weighted by molar-refractivity contribution is -0.119. The average Bonchev–Trinajstić information content (AvgIpc) is 2.38. The Hall–Kier alpha value is -1.25. The van der Waals surface area contributed by atoms with Gasteiger partial charge in [-0.25, -0.2) is 8.78 Å². The van der Waals surface area contributed by atoms with Crippen molar-refractivity contribution >= 4 is 5.78 Å². The number of Topliss-reactive ketones (excluding diaryl/α,β-unsaturated/α-hetero) is 1. The molecule has 1 rings (SSSR count). The fraction of sp³-hybridized carbons (Fsp3) is 0.562. The summed E-state index contributed by atoms with van der Waals surface area (Å²) in [6, 6.07) is 3.66. The first kappa shape index (κ1) is 15.8. The van der Waals surface area contributed by atoms with Crippen LogP contribution >= 0.6 is 0 Å². The quantitative estimate of drug-likeness (QED) is 0.669. The van der Waals surface area contributed by atoms with E-state index in [1.54, 1.807) is 0 Å². The Kier molecular flexibility index (Phi) is 6.68. The van der Waals surface area contributed by atoms with E-state index in [0.29, 0.717) is 17.9 Å². The van der Waals surface area contributed by atoms with Crippen molar-refractivity contribution in [1.82, 2.24) is 0 Å². The van der Waals surface area contributed by atoms with Gasteiger partial charge in [0, 0.05) is 12.8 Å². The molecule has 0 saturated carbocycles. The molecule has 1 atom stereocenters. The Morgan fingerprint density at radius 2 is 1.95 bits per heavy atom. The van der Waals surface area contributed by atoms with Crippen LogP contribution in [0.1, 0.15) is 51.5 Å². The van der Waals surface area contributed by atoms with Crippen molar-refractivity contribution in [2.45, 2.75) is 52.4 Å². The molecule has 0 amide bonds. The maximum Gasteiger partial charge on any atom is 0.159 e. The summed E-state index contributed by atoms with van der Waals surface area (Å²) < 4.78 is 25.8. The van der Waals surface area contributed by atoms with E-state index in [-0.39, 0.29) is 12.2 Å². The van der Waals surface area contributed by atoms with E-state index in [1.807, 2.05) is 0 Å². The Bertz CT molecular complexity index is 415. The van der Waals surface area contributed by atoms with E-state index in [4.69, 9.17) is 0 Å². The molecule has 19 heavy (non-hydrogen) atoms. The minimum absolute atomic E-state index is 0.106. The van der Waals surface area contributed by atoms with E-state index >= 15 is 0 Å². The molecule has 0 radical (unpaired) electrons. The number of benzene rings is 1. The van der Waals surface area contributed by atoms with Crippen molar-refractivity contribution in [2.24, 2.45) is 5.92 Å². The number of rotatable bonds is 8. The molecule has 0 saturated heterocycles. The molecule has 1 aromatic carbocycles. The summed E-state index contributed by atoms with van der Waals surface area (Å²) in [5.41, 5.74) is 0.550. The second-order valence-electron chi connectivity index (χ2n) is 5.08. The van der Waals surface area contributed by atoms with Crippen LogP contribution in [0, 0.1) is 17.6 Å². The normalized spacial score (nSPS) is 12.4. The number of carbonyl (C=O) groups is 1. The van der Waals surface area contributed by atoms with Gasteiger partial charge in [-0.15, -0.1) is 0 Å². The zero-order valence-corrected chi connectivity index (χ0v) is 11.7. The van der Waals surface area contributed by atoms with Crippen molar-refractivity contribution in [2.75, 3.05) is 0 Å². The topological polar surface area (TPSA) is 17.1 Å². The Balaban J connectivity index is 2.51. The summed E-state index contributed by atoms with van der Waals surface area (Å²) in [6.45, 7) is 4.22. The predicted molar refractivity (Wildman–Crippen MR) is 73.0 cm³/mol. The number of halogens is 2. The monoisotopic (exact) mass is 268 g/mol. The Morgan fingerprint density at radius 3 is 2.53 bits per heavy atom. The molecule has 1 unspecified atom stereocenters. The van der Waals surface area contributed by atoms with Crippen molar-refractivity contribution in [3.05, 3.63) is 35.4 Å². The summed E-state index contributed by atoms with van der Waals surface area (Å²) in [5, 5.41) is 0. The summed E-state index contributed by atoms with van der Waals surface area (Å²) in [4.78, 5) is 11.9. The molecular weight excluding hydrogens is 246 g/mol. The van der Waals surface area contributed by atoms with Gasteiger partial charge in [-0.3, -0.25) is 4.79 Å². The maximum absolute atomic E-state index is 13.0. The average molecular weight is 268 g/mol. The SMILES string of the molecule is CCCCC(CC)CC(=O)Cc1ccc(F)c(F)c1. The van der Waals surface area contributed by atoms with Crippen LogP contribution in [0.25, 0.3) is 0 Å². The first-order valence-electron chi connectivity index (χ1n) is 7.02. The molecular formula is C16H22F2O. The van der Waals surface area contributed by atoms with Crippen molar-refractivity contribution in [3.8, 4) is 0 Å². The van der Waals surface area contributed by atoms with Crippen LogP contribution in [0.15, 0.2) is 18.2 Å². The summed E-state index contributed by atoms with van der Waals surface area (Å²) in [7, 11) is 0. The van der Waals surface area contributed by atoms with Crippen LogP contribution in [0.2, 0.25) is 0 Å². The minimum atomic E-state index is -0.886. The smallest absolute Gasteiger partial charge is 0.159 e. The van der Waals surface area contributed by atoms with Gasteiger partial charge in [0.2, 0.25) is 0 Å². The molecule has 0 heterocycles. The fourth-order valence-corrected chi connectivity index (χ4v) is 2.21.